The Morgan fingerprint density at radius 2 is 1.89 bits per heavy atom. The van der Waals surface area contributed by atoms with Gasteiger partial charge in [-0.05, 0) is 18.4 Å². The third kappa shape index (κ3) is 6.12. The molecule has 1 aliphatic rings. The van der Waals surface area contributed by atoms with Gasteiger partial charge < -0.3 is 29.6 Å². The molecule has 9 heteroatoms. The number of hydrogen-bond donors (Lipinski definition) is 2. The van der Waals surface area contributed by atoms with Crippen LogP contribution >= 0.6 is 0 Å². The molecule has 0 saturated carbocycles. The van der Waals surface area contributed by atoms with E-state index in [1.807, 2.05) is 6.92 Å². The third-order valence-corrected chi connectivity index (χ3v) is 4.23. The van der Waals surface area contributed by atoms with Gasteiger partial charge in [-0.25, -0.2) is 4.99 Å². The molecule has 1 aliphatic heterocycles. The Morgan fingerprint density at radius 3 is 2.46 bits per heavy atom. The van der Waals surface area contributed by atoms with Gasteiger partial charge in [0.15, 0.2) is 17.5 Å². The van der Waals surface area contributed by atoms with E-state index in [1.165, 1.54) is 6.07 Å². The monoisotopic (exact) mass is 401 g/mol. The van der Waals surface area contributed by atoms with E-state index in [1.54, 1.807) is 13.2 Å². The van der Waals surface area contributed by atoms with Gasteiger partial charge in [-0.3, -0.25) is 0 Å². The normalized spacial score (nSPS) is 14.9. The molecule has 0 fully saturated rings. The highest BCUT2D eigenvalue weighted by Crippen LogP contribution is 2.39. The highest BCUT2D eigenvalue weighted by molar-refractivity contribution is 5.79. The second-order valence-corrected chi connectivity index (χ2v) is 7.36. The summed E-state index contributed by atoms with van der Waals surface area (Å²) in [6.07, 6.45) is -0.0281. The fourth-order valence-corrected chi connectivity index (χ4v) is 2.73. The number of nitrogens with one attached hydrogen (secondary N) is 2. The summed E-state index contributed by atoms with van der Waals surface area (Å²) in [6, 6.07) is 3.01. The Labute approximate surface area is 164 Å². The van der Waals surface area contributed by atoms with Crippen LogP contribution in [-0.4, -0.2) is 45.7 Å². The zero-order chi connectivity index (χ0) is 20.7. The number of benzene rings is 1. The molecule has 0 bridgehead atoms. The number of nitrogens with zero attached hydrogens (tertiary/aromatic N) is 1. The summed E-state index contributed by atoms with van der Waals surface area (Å²) in [4.78, 5) is 4.48. The van der Waals surface area contributed by atoms with Gasteiger partial charge in [0.2, 0.25) is 6.79 Å². The van der Waals surface area contributed by atoms with Gasteiger partial charge >= 0.3 is 6.61 Å². The van der Waals surface area contributed by atoms with Crippen molar-refractivity contribution in [1.82, 2.24) is 10.6 Å². The summed E-state index contributed by atoms with van der Waals surface area (Å²) in [6.45, 7) is 6.65. The molecule has 2 N–H and O–H groups in total. The Kier molecular flexibility index (Phi) is 7.68. The first kappa shape index (κ1) is 22.0. The van der Waals surface area contributed by atoms with Gasteiger partial charge in [-0.1, -0.05) is 20.8 Å². The van der Waals surface area contributed by atoms with Crippen molar-refractivity contribution >= 4 is 5.96 Å². The van der Waals surface area contributed by atoms with E-state index in [9.17, 15) is 8.78 Å². The molecule has 1 aromatic carbocycles. The topological polar surface area (TPSA) is 73.3 Å². The molecule has 0 aliphatic carbocycles. The number of ether oxygens (including phenoxy) is 4. The smallest absolute Gasteiger partial charge is 0.387 e. The molecule has 28 heavy (non-hydrogen) atoms. The quantitative estimate of drug-likeness (QED) is 0.515. The van der Waals surface area contributed by atoms with Crippen LogP contribution < -0.4 is 24.8 Å². The van der Waals surface area contributed by atoms with Gasteiger partial charge in [0.1, 0.15) is 5.75 Å². The number of guanidine groups is 1. The molecule has 0 aromatic heterocycles. The summed E-state index contributed by atoms with van der Waals surface area (Å²) < 4.78 is 46.2. The van der Waals surface area contributed by atoms with E-state index < -0.39 is 6.61 Å². The first-order valence-electron chi connectivity index (χ1n) is 9.17. The summed E-state index contributed by atoms with van der Waals surface area (Å²) >= 11 is 0. The molecule has 1 heterocycles. The number of aliphatic imine (C=N–C) groups is 1. The first-order chi connectivity index (χ1) is 13.2. The molecule has 2 rings (SSSR count). The fraction of sp³-hybridized carbons (Fsp3) is 0.632. The highest BCUT2D eigenvalue weighted by Gasteiger charge is 2.24. The predicted octanol–water partition coefficient (Wildman–Crippen LogP) is 3.13. The van der Waals surface area contributed by atoms with E-state index in [2.05, 4.69) is 41.1 Å². The maximum Gasteiger partial charge on any atom is 0.387 e. The second kappa shape index (κ2) is 9.77. The number of halogens is 2. The van der Waals surface area contributed by atoms with E-state index >= 15 is 0 Å². The summed E-state index contributed by atoms with van der Waals surface area (Å²) in [5, 5.41) is 6.36. The van der Waals surface area contributed by atoms with E-state index in [4.69, 9.17) is 14.2 Å². The lowest BCUT2D eigenvalue weighted by molar-refractivity contribution is -0.0505. The Balaban J connectivity index is 2.15. The summed E-state index contributed by atoms with van der Waals surface area (Å²) in [7, 11) is 1.67. The molecule has 0 spiro atoms. The minimum atomic E-state index is -2.94. The second-order valence-electron chi connectivity index (χ2n) is 7.36. The molecule has 158 valence electrons. The van der Waals surface area contributed by atoms with Crippen molar-refractivity contribution in [2.75, 3.05) is 27.0 Å². The molecule has 0 amide bonds. The van der Waals surface area contributed by atoms with Crippen LogP contribution in [0.4, 0.5) is 8.78 Å². The Morgan fingerprint density at radius 1 is 1.21 bits per heavy atom. The SMILES string of the molecule is CCNC(=NCc1cc2c(cc1OC(F)F)OCO2)NCC(OC)C(C)(C)C. The molecule has 7 nitrogen and oxygen atoms in total. The van der Waals surface area contributed by atoms with E-state index in [0.29, 0.717) is 36.1 Å². The van der Waals surface area contributed by atoms with Gasteiger partial charge in [0.05, 0.1) is 12.6 Å². The van der Waals surface area contributed by atoms with E-state index in [0.717, 1.165) is 0 Å². The molecule has 0 radical (unpaired) electrons. The van der Waals surface area contributed by atoms with E-state index in [-0.39, 0.29) is 30.6 Å². The van der Waals surface area contributed by atoms with Gasteiger partial charge in [0, 0.05) is 31.8 Å². The predicted molar refractivity (Wildman–Crippen MR) is 102 cm³/mol. The number of alkyl halides is 2. The standard InChI is InChI=1S/C19H29F2N3O4/c1-6-22-18(24-10-16(25-5)19(2,3)4)23-9-12-7-14-15(27-11-26-14)8-13(12)28-17(20)21/h7-8,16-17H,6,9-11H2,1-5H3,(H2,22,23,24). The zero-order valence-electron chi connectivity index (χ0n) is 17.0. The lowest BCUT2D eigenvalue weighted by Crippen LogP contribution is -2.45. The number of hydrogen-bond acceptors (Lipinski definition) is 5. The maximum absolute atomic E-state index is 12.8. The van der Waals surface area contributed by atoms with Crippen molar-refractivity contribution in [1.29, 1.82) is 0 Å². The van der Waals surface area contributed by atoms with Crippen LogP contribution in [0.25, 0.3) is 0 Å². The van der Waals surface area contributed by atoms with Gasteiger partial charge in [-0.2, -0.15) is 8.78 Å². The maximum atomic E-state index is 12.8. The van der Waals surface area contributed by atoms with Crippen LogP contribution in [0.2, 0.25) is 0 Å². The van der Waals surface area contributed by atoms with Crippen molar-refractivity contribution in [2.45, 2.75) is 47.0 Å². The molecular weight excluding hydrogens is 372 g/mol. The van der Waals surface area contributed by atoms with Crippen molar-refractivity contribution in [3.63, 3.8) is 0 Å². The van der Waals surface area contributed by atoms with Crippen LogP contribution in [0.5, 0.6) is 17.2 Å². The van der Waals surface area contributed by atoms with Crippen LogP contribution in [0.3, 0.4) is 0 Å². The van der Waals surface area contributed by atoms with Gasteiger partial charge in [-0.15, -0.1) is 0 Å². The van der Waals surface area contributed by atoms with Crippen molar-refractivity contribution < 1.29 is 27.7 Å². The van der Waals surface area contributed by atoms with Crippen LogP contribution in [0, 0.1) is 5.41 Å². The zero-order valence-corrected chi connectivity index (χ0v) is 17.0. The fourth-order valence-electron chi connectivity index (χ4n) is 2.73. The van der Waals surface area contributed by atoms with Crippen molar-refractivity contribution in [3.8, 4) is 17.2 Å². The van der Waals surface area contributed by atoms with Gasteiger partial charge in [0.25, 0.3) is 0 Å². The minimum absolute atomic E-state index is 0.0170. The molecule has 1 aromatic rings. The summed E-state index contributed by atoms with van der Waals surface area (Å²) in [5.41, 5.74) is 0.426. The van der Waals surface area contributed by atoms with Crippen LogP contribution in [-0.2, 0) is 11.3 Å². The number of methoxy groups -OCH3 is 1. The molecular formula is C19H29F2N3O4. The lowest BCUT2D eigenvalue weighted by atomic mass is 9.89. The highest BCUT2D eigenvalue weighted by atomic mass is 19.3. The average Bonchev–Trinajstić information content (AvgIpc) is 3.05. The van der Waals surface area contributed by atoms with Crippen LogP contribution in [0.15, 0.2) is 17.1 Å². The van der Waals surface area contributed by atoms with Crippen molar-refractivity contribution in [3.05, 3.63) is 17.7 Å². The molecule has 1 atom stereocenters. The third-order valence-electron chi connectivity index (χ3n) is 4.23. The largest absolute Gasteiger partial charge is 0.454 e. The number of rotatable bonds is 8. The molecule has 0 saturated heterocycles. The Hall–Kier alpha value is -2.29. The first-order valence-corrected chi connectivity index (χ1v) is 9.17. The lowest BCUT2D eigenvalue weighted by Gasteiger charge is -2.30. The van der Waals surface area contributed by atoms with Crippen LogP contribution in [0.1, 0.15) is 33.3 Å². The number of fused-ring (bicyclic) bond motifs is 1. The molecule has 1 unspecified atom stereocenters. The average molecular weight is 401 g/mol. The summed E-state index contributed by atoms with van der Waals surface area (Å²) in [5.74, 6) is 1.43. The Bertz CT molecular complexity index is 678. The van der Waals surface area contributed by atoms with Crippen molar-refractivity contribution in [2.24, 2.45) is 10.4 Å². The minimum Gasteiger partial charge on any atom is -0.454 e.